The number of carboxylic acid groups (broad SMARTS) is 1. The lowest BCUT2D eigenvalue weighted by atomic mass is 9.94. The minimum atomic E-state index is -0.796. The van der Waals surface area contributed by atoms with Crippen LogP contribution in [0.2, 0.25) is 0 Å². The van der Waals surface area contributed by atoms with Crippen LogP contribution < -0.4 is 4.74 Å². The summed E-state index contributed by atoms with van der Waals surface area (Å²) >= 11 is 0. The standard InChI is InChI=1S/C13H16O4/c1-8-7-11(13(14)15)12(17-8)9-3-5-10(16-2)6-4-9/h3-6,8,11-12H,7H2,1-2H3,(H,14,15)/t8-,11+,12+/m1/s1. The molecule has 0 saturated carbocycles. The van der Waals surface area contributed by atoms with Crippen LogP contribution >= 0.6 is 0 Å². The van der Waals surface area contributed by atoms with Crippen LogP contribution in [0.25, 0.3) is 0 Å². The normalized spacial score (nSPS) is 28.0. The van der Waals surface area contributed by atoms with E-state index in [4.69, 9.17) is 14.6 Å². The summed E-state index contributed by atoms with van der Waals surface area (Å²) in [5, 5.41) is 9.16. The van der Waals surface area contributed by atoms with Gasteiger partial charge in [0.25, 0.3) is 0 Å². The molecule has 4 nitrogen and oxygen atoms in total. The second-order valence-electron chi connectivity index (χ2n) is 4.32. The van der Waals surface area contributed by atoms with E-state index in [-0.39, 0.29) is 12.2 Å². The fraction of sp³-hybridized carbons (Fsp3) is 0.462. The lowest BCUT2D eigenvalue weighted by Gasteiger charge is -2.15. The van der Waals surface area contributed by atoms with Gasteiger partial charge in [0, 0.05) is 0 Å². The first kappa shape index (κ1) is 11.9. The van der Waals surface area contributed by atoms with Crippen LogP contribution in [0.3, 0.4) is 0 Å². The zero-order valence-electron chi connectivity index (χ0n) is 9.92. The second-order valence-corrected chi connectivity index (χ2v) is 4.32. The maximum absolute atomic E-state index is 11.1. The van der Waals surface area contributed by atoms with Crippen molar-refractivity contribution < 1.29 is 19.4 Å². The molecule has 1 heterocycles. The van der Waals surface area contributed by atoms with E-state index in [0.717, 1.165) is 11.3 Å². The van der Waals surface area contributed by atoms with Gasteiger partial charge >= 0.3 is 5.97 Å². The summed E-state index contributed by atoms with van der Waals surface area (Å²) in [4.78, 5) is 11.1. The Morgan fingerprint density at radius 3 is 2.59 bits per heavy atom. The number of carbonyl (C=O) groups is 1. The Balaban J connectivity index is 2.22. The van der Waals surface area contributed by atoms with Crippen LogP contribution in [0.15, 0.2) is 24.3 Å². The third kappa shape index (κ3) is 2.42. The molecule has 0 spiro atoms. The zero-order chi connectivity index (χ0) is 12.4. The number of rotatable bonds is 3. The van der Waals surface area contributed by atoms with Crippen molar-refractivity contribution in [2.24, 2.45) is 5.92 Å². The summed E-state index contributed by atoms with van der Waals surface area (Å²) in [5.74, 6) is -0.500. The van der Waals surface area contributed by atoms with Gasteiger partial charge in [-0.05, 0) is 31.0 Å². The smallest absolute Gasteiger partial charge is 0.309 e. The Kier molecular flexibility index (Phi) is 3.33. The van der Waals surface area contributed by atoms with Crippen molar-refractivity contribution >= 4 is 5.97 Å². The highest BCUT2D eigenvalue weighted by atomic mass is 16.5. The van der Waals surface area contributed by atoms with Gasteiger partial charge in [0.2, 0.25) is 0 Å². The summed E-state index contributed by atoms with van der Waals surface area (Å²) in [7, 11) is 1.60. The summed E-state index contributed by atoms with van der Waals surface area (Å²) in [6, 6.07) is 7.36. The zero-order valence-corrected chi connectivity index (χ0v) is 9.92. The summed E-state index contributed by atoms with van der Waals surface area (Å²) in [6.07, 6.45) is 0.197. The number of aliphatic carboxylic acids is 1. The van der Waals surface area contributed by atoms with Gasteiger partial charge in [0.15, 0.2) is 0 Å². The molecule has 4 heteroatoms. The van der Waals surface area contributed by atoms with E-state index >= 15 is 0 Å². The van der Waals surface area contributed by atoms with Gasteiger partial charge in [-0.2, -0.15) is 0 Å². The van der Waals surface area contributed by atoms with Crippen molar-refractivity contribution in [3.8, 4) is 5.75 Å². The van der Waals surface area contributed by atoms with E-state index in [1.165, 1.54) is 0 Å². The fourth-order valence-corrected chi connectivity index (χ4v) is 2.22. The highest BCUT2D eigenvalue weighted by Crippen LogP contribution is 2.38. The van der Waals surface area contributed by atoms with E-state index in [1.54, 1.807) is 7.11 Å². The van der Waals surface area contributed by atoms with E-state index in [0.29, 0.717) is 6.42 Å². The molecule has 3 atom stereocenters. The first-order chi connectivity index (χ1) is 8.11. The number of hydrogen-bond donors (Lipinski definition) is 1. The number of methoxy groups -OCH3 is 1. The molecule has 1 aliphatic heterocycles. The molecule has 0 radical (unpaired) electrons. The average molecular weight is 236 g/mol. The van der Waals surface area contributed by atoms with Crippen LogP contribution in [0.5, 0.6) is 5.75 Å². The number of ether oxygens (including phenoxy) is 2. The van der Waals surface area contributed by atoms with E-state index < -0.39 is 11.9 Å². The first-order valence-corrected chi connectivity index (χ1v) is 5.64. The minimum Gasteiger partial charge on any atom is -0.497 e. The summed E-state index contributed by atoms with van der Waals surface area (Å²) in [5.41, 5.74) is 0.891. The van der Waals surface area contributed by atoms with Crippen LogP contribution in [0.1, 0.15) is 25.0 Å². The maximum atomic E-state index is 11.1. The third-order valence-electron chi connectivity index (χ3n) is 3.09. The summed E-state index contributed by atoms with van der Waals surface area (Å²) < 4.78 is 10.7. The molecule has 1 aromatic carbocycles. The largest absolute Gasteiger partial charge is 0.497 e. The van der Waals surface area contributed by atoms with Crippen molar-refractivity contribution in [3.63, 3.8) is 0 Å². The molecule has 0 aromatic heterocycles. The van der Waals surface area contributed by atoms with E-state index in [1.807, 2.05) is 31.2 Å². The van der Waals surface area contributed by atoms with Crippen molar-refractivity contribution in [1.29, 1.82) is 0 Å². The van der Waals surface area contributed by atoms with Crippen LogP contribution in [0, 0.1) is 5.92 Å². The predicted molar refractivity (Wildman–Crippen MR) is 62.0 cm³/mol. The molecular weight excluding hydrogens is 220 g/mol. The minimum absolute atomic E-state index is 0.0109. The molecule has 2 rings (SSSR count). The lowest BCUT2D eigenvalue weighted by Crippen LogP contribution is -2.17. The van der Waals surface area contributed by atoms with Crippen LogP contribution in [0.4, 0.5) is 0 Å². The van der Waals surface area contributed by atoms with Gasteiger partial charge in [-0.25, -0.2) is 0 Å². The molecule has 0 bridgehead atoms. The second kappa shape index (κ2) is 4.75. The van der Waals surface area contributed by atoms with Crippen molar-refractivity contribution in [3.05, 3.63) is 29.8 Å². The van der Waals surface area contributed by atoms with E-state index in [2.05, 4.69) is 0 Å². The third-order valence-corrected chi connectivity index (χ3v) is 3.09. The van der Waals surface area contributed by atoms with Crippen LogP contribution in [-0.4, -0.2) is 24.3 Å². The van der Waals surface area contributed by atoms with Crippen LogP contribution in [-0.2, 0) is 9.53 Å². The number of hydrogen-bond acceptors (Lipinski definition) is 3. The molecule has 0 unspecified atom stereocenters. The molecule has 0 aliphatic carbocycles. The molecule has 1 saturated heterocycles. The van der Waals surface area contributed by atoms with Crippen molar-refractivity contribution in [2.45, 2.75) is 25.6 Å². The van der Waals surface area contributed by atoms with Crippen molar-refractivity contribution in [1.82, 2.24) is 0 Å². The first-order valence-electron chi connectivity index (χ1n) is 5.64. The average Bonchev–Trinajstić information content (AvgIpc) is 2.72. The van der Waals surface area contributed by atoms with Gasteiger partial charge in [-0.15, -0.1) is 0 Å². The van der Waals surface area contributed by atoms with Gasteiger partial charge in [0.1, 0.15) is 5.75 Å². The predicted octanol–water partition coefficient (Wildman–Crippen LogP) is 2.25. The quantitative estimate of drug-likeness (QED) is 0.874. The van der Waals surface area contributed by atoms with E-state index in [9.17, 15) is 4.79 Å². The van der Waals surface area contributed by atoms with Gasteiger partial charge in [-0.3, -0.25) is 4.79 Å². The van der Waals surface area contributed by atoms with Gasteiger partial charge < -0.3 is 14.6 Å². The van der Waals surface area contributed by atoms with Crippen molar-refractivity contribution in [2.75, 3.05) is 7.11 Å². The molecule has 1 fully saturated rings. The topological polar surface area (TPSA) is 55.8 Å². The molecule has 17 heavy (non-hydrogen) atoms. The Labute approximate surface area is 100 Å². The Hall–Kier alpha value is -1.55. The SMILES string of the molecule is COc1ccc([C@@H]2O[C@H](C)C[C@@H]2C(=O)O)cc1. The monoisotopic (exact) mass is 236 g/mol. The fourth-order valence-electron chi connectivity index (χ4n) is 2.22. The highest BCUT2D eigenvalue weighted by Gasteiger charge is 2.38. The lowest BCUT2D eigenvalue weighted by molar-refractivity contribution is -0.143. The molecule has 0 amide bonds. The Morgan fingerprint density at radius 1 is 1.41 bits per heavy atom. The molecule has 1 aromatic rings. The molecule has 1 aliphatic rings. The molecule has 92 valence electrons. The maximum Gasteiger partial charge on any atom is 0.309 e. The molecule has 1 N–H and O–H groups in total. The number of carboxylic acids is 1. The van der Waals surface area contributed by atoms with Gasteiger partial charge in [-0.1, -0.05) is 12.1 Å². The Bertz CT molecular complexity index is 398. The summed E-state index contributed by atoms with van der Waals surface area (Å²) in [6.45, 7) is 1.90. The molecular formula is C13H16O4. The Morgan fingerprint density at radius 2 is 2.06 bits per heavy atom. The highest BCUT2D eigenvalue weighted by molar-refractivity contribution is 5.71. The van der Waals surface area contributed by atoms with Gasteiger partial charge in [0.05, 0.1) is 25.2 Å². The number of benzene rings is 1.